The van der Waals surface area contributed by atoms with Crippen LogP contribution in [-0.2, 0) is 0 Å². The highest BCUT2D eigenvalue weighted by molar-refractivity contribution is 6.10. The molecular weight excluding hydrogens is 514 g/mol. The zero-order valence-corrected chi connectivity index (χ0v) is 23.9. The van der Waals surface area contributed by atoms with Gasteiger partial charge < -0.3 is 4.74 Å². The van der Waals surface area contributed by atoms with E-state index in [0.717, 1.165) is 22.7 Å². The van der Waals surface area contributed by atoms with Crippen molar-refractivity contribution in [1.82, 2.24) is 14.5 Å². The summed E-state index contributed by atoms with van der Waals surface area (Å²) in [6.07, 6.45) is 14.3. The molecule has 0 unspecified atom stereocenters. The molecule has 0 spiro atoms. The largest absolute Gasteiger partial charge is 0.439 e. The molecule has 4 nitrogen and oxygen atoms in total. The summed E-state index contributed by atoms with van der Waals surface area (Å²) in [5.41, 5.74) is 7.38. The van der Waals surface area contributed by atoms with E-state index in [1.54, 1.807) is 0 Å². The first-order valence-corrected chi connectivity index (χ1v) is 15.5. The Morgan fingerprint density at radius 2 is 1.31 bits per heavy atom. The van der Waals surface area contributed by atoms with Gasteiger partial charge in [0.25, 0.3) is 0 Å². The number of aromatic nitrogens is 3. The Hall–Kier alpha value is -4.44. The quantitative estimate of drug-likeness (QED) is 0.207. The van der Waals surface area contributed by atoms with Crippen LogP contribution in [0.2, 0.25) is 0 Å². The van der Waals surface area contributed by atoms with Crippen LogP contribution in [0.4, 0.5) is 0 Å². The van der Waals surface area contributed by atoms with Crippen molar-refractivity contribution in [3.05, 3.63) is 115 Å². The van der Waals surface area contributed by atoms with Crippen molar-refractivity contribution >= 4 is 21.8 Å². The number of pyridine rings is 2. The molecule has 2 aliphatic carbocycles. The molecule has 42 heavy (non-hydrogen) atoms. The summed E-state index contributed by atoms with van der Waals surface area (Å²) in [4.78, 5) is 9.40. The van der Waals surface area contributed by atoms with Crippen LogP contribution in [0.1, 0.15) is 74.3 Å². The van der Waals surface area contributed by atoms with Crippen molar-refractivity contribution in [1.29, 1.82) is 0 Å². The molecule has 8 rings (SSSR count). The van der Waals surface area contributed by atoms with Gasteiger partial charge in [-0.2, -0.15) is 0 Å². The van der Waals surface area contributed by atoms with Gasteiger partial charge in [-0.15, -0.1) is 0 Å². The molecule has 208 valence electrons. The summed E-state index contributed by atoms with van der Waals surface area (Å²) in [7, 11) is 0. The molecule has 0 atom stereocenters. The fourth-order valence-corrected chi connectivity index (χ4v) is 6.98. The van der Waals surface area contributed by atoms with Gasteiger partial charge in [0.2, 0.25) is 5.88 Å². The van der Waals surface area contributed by atoms with E-state index in [2.05, 4.69) is 94.5 Å². The predicted octanol–water partition coefficient (Wildman–Crippen LogP) is 10.3. The van der Waals surface area contributed by atoms with Gasteiger partial charge in [-0.05, 0) is 102 Å². The van der Waals surface area contributed by atoms with Crippen LogP contribution in [-0.4, -0.2) is 14.5 Å². The summed E-state index contributed by atoms with van der Waals surface area (Å²) in [5, 5.41) is 2.49. The number of hydrogen-bond acceptors (Lipinski definition) is 3. The Kier molecular flexibility index (Phi) is 6.48. The lowest BCUT2D eigenvalue weighted by Gasteiger charge is -2.25. The number of rotatable bonds is 6. The molecule has 2 saturated carbocycles. The number of para-hydroxylation sites is 1. The first kappa shape index (κ1) is 25.3. The minimum atomic E-state index is 0.635. The molecule has 2 fully saturated rings. The molecule has 3 heterocycles. The van der Waals surface area contributed by atoms with E-state index in [-0.39, 0.29) is 0 Å². The molecule has 3 aromatic heterocycles. The van der Waals surface area contributed by atoms with Crippen LogP contribution in [0.5, 0.6) is 11.6 Å². The summed E-state index contributed by atoms with van der Waals surface area (Å²) < 4.78 is 8.62. The number of nitrogens with zero attached hydrogens (tertiary/aromatic N) is 3. The van der Waals surface area contributed by atoms with Gasteiger partial charge in [-0.25, -0.2) is 9.97 Å². The molecule has 3 aromatic carbocycles. The monoisotopic (exact) mass is 549 g/mol. The maximum Gasteiger partial charge on any atom is 0.219 e. The van der Waals surface area contributed by atoms with Crippen molar-refractivity contribution in [2.24, 2.45) is 0 Å². The first-order chi connectivity index (χ1) is 20.8. The van der Waals surface area contributed by atoms with Crippen LogP contribution in [0.25, 0.3) is 38.8 Å². The van der Waals surface area contributed by atoms with E-state index in [0.29, 0.717) is 17.7 Å². The third kappa shape index (κ3) is 4.65. The molecule has 2 aliphatic rings. The van der Waals surface area contributed by atoms with Crippen LogP contribution in [0, 0.1) is 0 Å². The summed E-state index contributed by atoms with van der Waals surface area (Å²) >= 11 is 0. The highest BCUT2D eigenvalue weighted by Gasteiger charge is 2.21. The molecule has 0 bridgehead atoms. The van der Waals surface area contributed by atoms with E-state index in [1.807, 2.05) is 18.5 Å². The average molecular weight is 550 g/mol. The van der Waals surface area contributed by atoms with Crippen molar-refractivity contribution in [3.8, 4) is 28.6 Å². The van der Waals surface area contributed by atoms with Gasteiger partial charge in [-0.1, -0.05) is 68.1 Å². The Balaban J connectivity index is 1.18. The fraction of sp³-hybridized carbons (Fsp3) is 0.263. The van der Waals surface area contributed by atoms with E-state index in [4.69, 9.17) is 9.72 Å². The summed E-state index contributed by atoms with van der Waals surface area (Å²) in [6, 6.07) is 32.6. The predicted molar refractivity (Wildman–Crippen MR) is 171 cm³/mol. The third-order valence-corrected chi connectivity index (χ3v) is 9.47. The van der Waals surface area contributed by atoms with Crippen LogP contribution >= 0.6 is 0 Å². The molecule has 0 amide bonds. The van der Waals surface area contributed by atoms with Crippen molar-refractivity contribution < 1.29 is 4.74 Å². The van der Waals surface area contributed by atoms with Gasteiger partial charge in [0.15, 0.2) is 0 Å². The maximum absolute atomic E-state index is 6.27. The molecular formula is C38H35N3O. The highest BCUT2D eigenvalue weighted by atomic mass is 16.5. The standard InChI is InChI=1S/C38H35N3O/c1-2-8-26(9-3-1)30-18-20-39-37(24-30)41-35-15-5-4-14-33(35)34-17-16-29(23-36(34)41)28-12-7-13-32(22-28)42-38-25-31(19-21-40-38)27-10-6-11-27/h4-5,7,12-27H,1-3,6,8-11H2. The zero-order valence-electron chi connectivity index (χ0n) is 23.9. The normalized spacial score (nSPS) is 16.1. The zero-order chi connectivity index (χ0) is 27.9. The Bertz CT molecular complexity index is 1890. The summed E-state index contributed by atoms with van der Waals surface area (Å²) in [6.45, 7) is 0. The van der Waals surface area contributed by atoms with Crippen molar-refractivity contribution in [3.63, 3.8) is 0 Å². The van der Waals surface area contributed by atoms with Crippen LogP contribution < -0.4 is 4.74 Å². The van der Waals surface area contributed by atoms with Crippen LogP contribution in [0.3, 0.4) is 0 Å². The smallest absolute Gasteiger partial charge is 0.219 e. The maximum atomic E-state index is 6.27. The third-order valence-electron chi connectivity index (χ3n) is 9.47. The molecule has 0 N–H and O–H groups in total. The summed E-state index contributed by atoms with van der Waals surface area (Å²) in [5.74, 6) is 3.74. The Morgan fingerprint density at radius 3 is 2.14 bits per heavy atom. The van der Waals surface area contributed by atoms with E-state index >= 15 is 0 Å². The second-order valence-corrected chi connectivity index (χ2v) is 12.1. The Labute approximate surface area is 247 Å². The minimum absolute atomic E-state index is 0.635. The SMILES string of the molecule is c1cc(Oc2cc(C3CCC3)ccn2)cc(-c2ccc3c4ccccc4n(-c4cc(C5CCCCC5)ccn4)c3c2)c1. The Morgan fingerprint density at radius 1 is 0.571 bits per heavy atom. The molecule has 0 aliphatic heterocycles. The molecule has 0 radical (unpaired) electrons. The second-order valence-electron chi connectivity index (χ2n) is 12.1. The first-order valence-electron chi connectivity index (χ1n) is 15.5. The van der Waals surface area contributed by atoms with Gasteiger partial charge in [-0.3, -0.25) is 4.57 Å². The topological polar surface area (TPSA) is 39.9 Å². The van der Waals surface area contributed by atoms with Crippen molar-refractivity contribution in [2.75, 3.05) is 0 Å². The van der Waals surface area contributed by atoms with Gasteiger partial charge in [0.05, 0.1) is 11.0 Å². The van der Waals surface area contributed by atoms with Gasteiger partial charge >= 0.3 is 0 Å². The van der Waals surface area contributed by atoms with E-state index in [1.165, 1.54) is 84.3 Å². The fourth-order valence-electron chi connectivity index (χ4n) is 6.98. The highest BCUT2D eigenvalue weighted by Crippen LogP contribution is 2.39. The lowest BCUT2D eigenvalue weighted by atomic mass is 9.80. The number of benzene rings is 3. The lowest BCUT2D eigenvalue weighted by molar-refractivity contribution is 0.414. The molecule has 4 heteroatoms. The number of hydrogen-bond donors (Lipinski definition) is 0. The molecule has 6 aromatic rings. The van der Waals surface area contributed by atoms with Crippen LogP contribution in [0.15, 0.2) is 103 Å². The van der Waals surface area contributed by atoms with E-state index < -0.39 is 0 Å². The minimum Gasteiger partial charge on any atom is -0.439 e. The lowest BCUT2D eigenvalue weighted by Crippen LogP contribution is -2.08. The second kappa shape index (κ2) is 10.8. The van der Waals surface area contributed by atoms with Crippen molar-refractivity contribution in [2.45, 2.75) is 63.2 Å². The number of fused-ring (bicyclic) bond motifs is 3. The van der Waals surface area contributed by atoms with E-state index in [9.17, 15) is 0 Å². The number of ether oxygens (including phenoxy) is 1. The van der Waals surface area contributed by atoms with Gasteiger partial charge in [0.1, 0.15) is 11.6 Å². The van der Waals surface area contributed by atoms with Gasteiger partial charge in [0, 0.05) is 29.2 Å². The molecule has 0 saturated heterocycles. The average Bonchev–Trinajstić information content (AvgIpc) is 3.35.